The average Bonchev–Trinajstić information content (AvgIpc) is 3.29. The van der Waals surface area contributed by atoms with Crippen molar-refractivity contribution >= 4 is 46.7 Å². The molecule has 13 heteroatoms. The number of halogens is 2. The highest BCUT2D eigenvalue weighted by molar-refractivity contribution is 6.39. The number of furan rings is 1. The predicted molar refractivity (Wildman–Crippen MR) is 103 cm³/mol. The molecule has 2 aromatic heterocycles. The Balaban J connectivity index is 1.78. The molecule has 0 saturated heterocycles. The predicted octanol–water partition coefficient (Wildman–Crippen LogP) is 4.33. The van der Waals surface area contributed by atoms with E-state index in [1.807, 2.05) is 0 Å². The third kappa shape index (κ3) is 4.31. The minimum Gasteiger partial charge on any atom is -0.397 e. The molecule has 150 valence electrons. The lowest BCUT2D eigenvalue weighted by molar-refractivity contribution is -0.402. The SMILES string of the molecule is Cc1onc(-c2c(Cl)cccc2Cl)c1NC(=O)ON=C(N)c1ccc([N+](=O)[O-])o1. The van der Waals surface area contributed by atoms with E-state index in [-0.39, 0.29) is 28.7 Å². The molecule has 11 nitrogen and oxygen atoms in total. The number of hydrogen-bond acceptors (Lipinski definition) is 8. The van der Waals surface area contributed by atoms with Gasteiger partial charge in [-0.15, -0.1) is 0 Å². The summed E-state index contributed by atoms with van der Waals surface area (Å²) in [7, 11) is 0. The van der Waals surface area contributed by atoms with E-state index in [2.05, 4.69) is 20.5 Å². The molecular formula is C16H11Cl2N5O6. The van der Waals surface area contributed by atoms with E-state index in [9.17, 15) is 14.9 Å². The van der Waals surface area contributed by atoms with Crippen LogP contribution in [-0.4, -0.2) is 22.0 Å². The van der Waals surface area contributed by atoms with Crippen molar-refractivity contribution in [3.8, 4) is 11.3 Å². The van der Waals surface area contributed by atoms with Crippen LogP contribution < -0.4 is 11.1 Å². The van der Waals surface area contributed by atoms with Gasteiger partial charge >= 0.3 is 12.0 Å². The van der Waals surface area contributed by atoms with Crippen molar-refractivity contribution in [1.29, 1.82) is 0 Å². The van der Waals surface area contributed by atoms with Crippen LogP contribution >= 0.6 is 23.2 Å². The second-order valence-corrected chi connectivity index (χ2v) is 6.25. The van der Waals surface area contributed by atoms with Crippen LogP contribution in [0, 0.1) is 17.0 Å². The summed E-state index contributed by atoms with van der Waals surface area (Å²) in [6, 6.07) is 7.14. The van der Waals surface area contributed by atoms with Crippen LogP contribution in [0.15, 0.2) is 44.4 Å². The number of amides is 1. The molecule has 0 aliphatic rings. The maximum absolute atomic E-state index is 12.1. The summed E-state index contributed by atoms with van der Waals surface area (Å²) in [5.41, 5.74) is 6.29. The number of amidine groups is 1. The summed E-state index contributed by atoms with van der Waals surface area (Å²) in [5.74, 6) is -0.811. The Morgan fingerprint density at radius 1 is 1.31 bits per heavy atom. The third-order valence-corrected chi connectivity index (χ3v) is 4.17. The number of nitrogens with two attached hydrogens (primary N) is 1. The summed E-state index contributed by atoms with van der Waals surface area (Å²) in [6.45, 7) is 1.55. The molecule has 29 heavy (non-hydrogen) atoms. The summed E-state index contributed by atoms with van der Waals surface area (Å²) >= 11 is 12.3. The number of rotatable bonds is 5. The van der Waals surface area contributed by atoms with Gasteiger partial charge in [-0.2, -0.15) is 0 Å². The number of aromatic nitrogens is 1. The van der Waals surface area contributed by atoms with E-state index in [1.54, 1.807) is 25.1 Å². The summed E-state index contributed by atoms with van der Waals surface area (Å²) < 4.78 is 9.95. The Morgan fingerprint density at radius 2 is 2.00 bits per heavy atom. The molecule has 3 N–H and O–H groups in total. The number of nitrogens with one attached hydrogen (secondary N) is 1. The number of anilines is 1. The Bertz CT molecular complexity index is 1100. The minimum atomic E-state index is -1.04. The fourth-order valence-corrected chi connectivity index (χ4v) is 2.81. The molecule has 0 atom stereocenters. The average molecular weight is 440 g/mol. The van der Waals surface area contributed by atoms with Crippen molar-refractivity contribution in [2.24, 2.45) is 10.9 Å². The summed E-state index contributed by atoms with van der Waals surface area (Å²) in [4.78, 5) is 26.6. The maximum Gasteiger partial charge on any atom is 0.438 e. The second-order valence-electron chi connectivity index (χ2n) is 5.43. The van der Waals surface area contributed by atoms with Gasteiger partial charge in [0.25, 0.3) is 0 Å². The molecule has 0 unspecified atom stereocenters. The van der Waals surface area contributed by atoms with Crippen LogP contribution in [0.4, 0.5) is 16.4 Å². The Morgan fingerprint density at radius 3 is 2.62 bits per heavy atom. The van der Waals surface area contributed by atoms with Gasteiger partial charge < -0.3 is 14.7 Å². The topological polar surface area (TPSA) is 159 Å². The molecule has 0 saturated carbocycles. The molecule has 1 aromatic carbocycles. The number of carbonyl (C=O) groups excluding carboxylic acids is 1. The molecule has 0 bridgehead atoms. The number of hydrogen-bond donors (Lipinski definition) is 2. The van der Waals surface area contributed by atoms with Crippen molar-refractivity contribution in [2.45, 2.75) is 6.92 Å². The van der Waals surface area contributed by atoms with Crippen molar-refractivity contribution in [3.63, 3.8) is 0 Å². The van der Waals surface area contributed by atoms with Crippen molar-refractivity contribution in [1.82, 2.24) is 5.16 Å². The van der Waals surface area contributed by atoms with Crippen LogP contribution in [0.25, 0.3) is 11.3 Å². The first kappa shape index (κ1) is 20.2. The lowest BCUT2D eigenvalue weighted by atomic mass is 10.1. The molecule has 2 heterocycles. The zero-order valence-electron chi connectivity index (χ0n) is 14.5. The molecule has 0 spiro atoms. The van der Waals surface area contributed by atoms with E-state index in [0.717, 1.165) is 6.07 Å². The molecule has 0 radical (unpaired) electrons. The fourth-order valence-electron chi connectivity index (χ4n) is 2.24. The van der Waals surface area contributed by atoms with Crippen molar-refractivity contribution in [2.75, 3.05) is 5.32 Å². The zero-order chi connectivity index (χ0) is 21.1. The standard InChI is InChI=1S/C16H11Cl2N5O6/c1-7-13(14(21-28-7)12-8(17)3-2-4-9(12)18)20-16(24)29-22-15(19)10-5-6-11(27-10)23(25)26/h2-6H,1H3,(H2,19,22)(H,20,24). The lowest BCUT2D eigenvalue weighted by Crippen LogP contribution is -2.17. The normalized spacial score (nSPS) is 11.3. The highest BCUT2D eigenvalue weighted by atomic mass is 35.5. The molecule has 0 aliphatic carbocycles. The van der Waals surface area contributed by atoms with Crippen LogP contribution in [-0.2, 0) is 4.84 Å². The highest BCUT2D eigenvalue weighted by Gasteiger charge is 2.22. The molecular weight excluding hydrogens is 429 g/mol. The van der Waals surface area contributed by atoms with Gasteiger partial charge in [0.1, 0.15) is 16.3 Å². The van der Waals surface area contributed by atoms with Gasteiger partial charge in [-0.05, 0) is 25.1 Å². The minimum absolute atomic E-state index is 0.144. The third-order valence-electron chi connectivity index (χ3n) is 3.54. The largest absolute Gasteiger partial charge is 0.438 e. The molecule has 3 aromatic rings. The molecule has 0 aliphatic heterocycles. The molecule has 0 fully saturated rings. The van der Waals surface area contributed by atoms with Crippen molar-refractivity contribution < 1.29 is 23.5 Å². The van der Waals surface area contributed by atoms with Gasteiger partial charge in [0.05, 0.1) is 16.1 Å². The van der Waals surface area contributed by atoms with E-state index >= 15 is 0 Å². The van der Waals surface area contributed by atoms with Crippen LogP contribution in [0.2, 0.25) is 10.0 Å². The zero-order valence-corrected chi connectivity index (χ0v) is 16.0. The van der Waals surface area contributed by atoms with E-state index in [1.165, 1.54) is 6.07 Å². The number of benzene rings is 1. The lowest BCUT2D eigenvalue weighted by Gasteiger charge is -2.07. The quantitative estimate of drug-likeness (QED) is 0.195. The van der Waals surface area contributed by atoms with E-state index in [4.69, 9.17) is 37.9 Å². The number of nitro groups is 1. The second kappa shape index (κ2) is 8.20. The van der Waals surface area contributed by atoms with Gasteiger partial charge in [0.2, 0.25) is 5.84 Å². The first-order valence-corrected chi connectivity index (χ1v) is 8.50. The van der Waals surface area contributed by atoms with E-state index < -0.39 is 16.9 Å². The smallest absolute Gasteiger partial charge is 0.397 e. The maximum atomic E-state index is 12.1. The first-order chi connectivity index (χ1) is 13.8. The first-order valence-electron chi connectivity index (χ1n) is 7.74. The summed E-state index contributed by atoms with van der Waals surface area (Å²) in [5, 5.41) is 20.9. The molecule has 3 rings (SSSR count). The Labute approximate surface area is 172 Å². The molecule has 1 amide bonds. The van der Waals surface area contributed by atoms with Crippen LogP contribution in [0.3, 0.4) is 0 Å². The van der Waals surface area contributed by atoms with Crippen LogP contribution in [0.5, 0.6) is 0 Å². The van der Waals surface area contributed by atoms with Crippen LogP contribution in [0.1, 0.15) is 11.5 Å². The Kier molecular flexibility index (Phi) is 5.71. The van der Waals surface area contributed by atoms with Gasteiger partial charge in [-0.3, -0.25) is 20.3 Å². The van der Waals surface area contributed by atoms with Gasteiger partial charge in [-0.1, -0.05) is 39.6 Å². The monoisotopic (exact) mass is 439 g/mol. The number of aryl methyl sites for hydroxylation is 1. The van der Waals surface area contributed by atoms with Gasteiger partial charge in [0.15, 0.2) is 11.5 Å². The Hall–Kier alpha value is -3.57. The van der Waals surface area contributed by atoms with Crippen molar-refractivity contribution in [3.05, 3.63) is 62.0 Å². The van der Waals surface area contributed by atoms with Gasteiger partial charge in [0, 0.05) is 5.56 Å². The highest BCUT2D eigenvalue weighted by Crippen LogP contribution is 2.39. The number of oxime groups is 1. The van der Waals surface area contributed by atoms with E-state index in [0.29, 0.717) is 15.6 Å². The number of nitrogens with zero attached hydrogens (tertiary/aromatic N) is 3. The fraction of sp³-hybridized carbons (Fsp3) is 0.0625. The van der Waals surface area contributed by atoms with Gasteiger partial charge in [-0.25, -0.2) is 4.79 Å². The number of carbonyl (C=O) groups is 1. The summed E-state index contributed by atoms with van der Waals surface area (Å²) in [6.07, 6.45) is -1.04.